The van der Waals surface area contributed by atoms with Crippen LogP contribution >= 0.6 is 11.6 Å². The van der Waals surface area contributed by atoms with E-state index in [9.17, 15) is 4.79 Å². The number of likely N-dealkylation sites (tertiary alicyclic amines) is 1. The Kier molecular flexibility index (Phi) is 2.85. The Morgan fingerprint density at radius 2 is 2.13 bits per heavy atom. The van der Waals surface area contributed by atoms with Crippen molar-refractivity contribution in [1.82, 2.24) is 10.2 Å². The smallest absolute Gasteiger partial charge is 0.254 e. The van der Waals surface area contributed by atoms with Gasteiger partial charge >= 0.3 is 0 Å². The summed E-state index contributed by atoms with van der Waals surface area (Å²) < 4.78 is 0. The highest BCUT2D eigenvalue weighted by atomic mass is 35.5. The third-order valence-electron chi connectivity index (χ3n) is 3.24. The fourth-order valence-electron chi connectivity index (χ4n) is 2.32. The lowest BCUT2D eigenvalue weighted by molar-refractivity contribution is -0.126. The summed E-state index contributed by atoms with van der Waals surface area (Å²) in [6.07, 6.45) is 1.16. The molecule has 2 atom stereocenters. The van der Waals surface area contributed by atoms with E-state index in [4.69, 9.17) is 11.6 Å². The number of carbonyl (C=O) groups is 1. The van der Waals surface area contributed by atoms with Crippen LogP contribution in [0.2, 0.25) is 0 Å². The summed E-state index contributed by atoms with van der Waals surface area (Å²) in [6, 6.07) is 0.463. The van der Waals surface area contributed by atoms with E-state index in [1.54, 1.807) is 0 Å². The minimum atomic E-state index is -0.0776. The summed E-state index contributed by atoms with van der Waals surface area (Å²) in [5.74, 6) is 0.525. The molecular weight excluding hydrogens is 212 g/mol. The molecule has 0 aliphatic carbocycles. The molecule has 0 bridgehead atoms. The molecule has 0 aromatic rings. The third-order valence-corrected chi connectivity index (χ3v) is 3.46. The second kappa shape index (κ2) is 3.99. The first-order valence-electron chi connectivity index (χ1n) is 5.16. The lowest BCUT2D eigenvalue weighted by atomic mass is 10.1. The first-order valence-corrected chi connectivity index (χ1v) is 5.53. The Balaban J connectivity index is 1.99. The highest BCUT2D eigenvalue weighted by Gasteiger charge is 2.38. The summed E-state index contributed by atoms with van der Waals surface area (Å²) in [5, 5.41) is 3.63. The van der Waals surface area contributed by atoms with Crippen molar-refractivity contribution in [3.05, 3.63) is 23.8 Å². The van der Waals surface area contributed by atoms with Crippen molar-refractivity contribution in [3.63, 3.8) is 0 Å². The van der Waals surface area contributed by atoms with Crippen LogP contribution in [0, 0.1) is 5.92 Å². The minimum Gasteiger partial charge on any atom is -0.337 e. The zero-order valence-corrected chi connectivity index (χ0v) is 9.39. The molecule has 2 aliphatic heterocycles. The Bertz CT molecular complexity index is 315. The number of carbonyl (C=O) groups excluding carboxylic acids is 1. The zero-order valence-electron chi connectivity index (χ0n) is 8.63. The normalized spacial score (nSPS) is 29.0. The van der Waals surface area contributed by atoms with Crippen LogP contribution in [0.4, 0.5) is 0 Å². The maximum absolute atomic E-state index is 11.9. The lowest BCUT2D eigenvalue weighted by Gasteiger charge is -2.18. The summed E-state index contributed by atoms with van der Waals surface area (Å²) in [4.78, 5) is 13.7. The average Bonchev–Trinajstić information content (AvgIpc) is 2.74. The van der Waals surface area contributed by atoms with Crippen molar-refractivity contribution in [2.45, 2.75) is 12.5 Å². The Morgan fingerprint density at radius 1 is 1.40 bits per heavy atom. The van der Waals surface area contributed by atoms with Crippen molar-refractivity contribution in [3.8, 4) is 0 Å². The number of hydrogen-bond acceptors (Lipinski definition) is 2. The molecule has 0 radical (unpaired) electrons. The van der Waals surface area contributed by atoms with Crippen LogP contribution in [0.3, 0.4) is 0 Å². The maximum Gasteiger partial charge on any atom is 0.254 e. The number of rotatable bonds is 2. The zero-order chi connectivity index (χ0) is 11.0. The van der Waals surface area contributed by atoms with Gasteiger partial charge in [-0.3, -0.25) is 4.79 Å². The maximum atomic E-state index is 11.9. The van der Waals surface area contributed by atoms with Crippen LogP contribution < -0.4 is 5.32 Å². The van der Waals surface area contributed by atoms with Gasteiger partial charge in [0, 0.05) is 24.2 Å². The molecule has 82 valence electrons. The van der Waals surface area contributed by atoms with Crippen molar-refractivity contribution in [1.29, 1.82) is 0 Å². The molecule has 2 heterocycles. The molecular formula is C11H15ClN2O. The molecule has 0 aromatic carbocycles. The molecule has 2 aliphatic rings. The third kappa shape index (κ3) is 1.94. The van der Waals surface area contributed by atoms with Gasteiger partial charge in [-0.15, -0.1) is 0 Å². The van der Waals surface area contributed by atoms with Gasteiger partial charge in [-0.05, 0) is 18.9 Å². The molecule has 0 aromatic heterocycles. The minimum absolute atomic E-state index is 0.0776. The van der Waals surface area contributed by atoms with Crippen LogP contribution in [0.5, 0.6) is 0 Å². The number of nitrogens with zero attached hydrogens (tertiary/aromatic N) is 1. The van der Waals surface area contributed by atoms with Gasteiger partial charge in [0.1, 0.15) is 0 Å². The van der Waals surface area contributed by atoms with Crippen LogP contribution in [-0.4, -0.2) is 36.5 Å². The molecule has 3 nitrogen and oxygen atoms in total. The van der Waals surface area contributed by atoms with Gasteiger partial charge in [0.05, 0.1) is 5.57 Å². The molecule has 2 saturated heterocycles. The second-order valence-electron chi connectivity index (χ2n) is 4.20. The summed E-state index contributed by atoms with van der Waals surface area (Å²) in [6.45, 7) is 9.83. The van der Waals surface area contributed by atoms with E-state index in [0.29, 0.717) is 17.5 Å². The Labute approximate surface area is 94.8 Å². The van der Waals surface area contributed by atoms with Gasteiger partial charge in [0.2, 0.25) is 0 Å². The van der Waals surface area contributed by atoms with Gasteiger partial charge < -0.3 is 10.2 Å². The van der Waals surface area contributed by atoms with Crippen LogP contribution in [0.1, 0.15) is 6.42 Å². The van der Waals surface area contributed by atoms with Gasteiger partial charge in [0.15, 0.2) is 0 Å². The number of amides is 1. The molecule has 1 N–H and O–H groups in total. The van der Waals surface area contributed by atoms with E-state index in [0.717, 1.165) is 26.1 Å². The lowest BCUT2D eigenvalue weighted by Crippen LogP contribution is -2.34. The molecule has 2 unspecified atom stereocenters. The number of hydrogen-bond donors (Lipinski definition) is 1. The van der Waals surface area contributed by atoms with Crippen molar-refractivity contribution in [2.24, 2.45) is 5.92 Å². The standard InChI is InChI=1S/C11H15ClN2O/c1-7(8(2)12)11(15)14-5-9-3-4-13-10(9)6-14/h9-10,13H,1-6H2. The number of fused-ring (bicyclic) bond motifs is 1. The molecule has 0 saturated carbocycles. The van der Waals surface area contributed by atoms with Crippen molar-refractivity contribution in [2.75, 3.05) is 19.6 Å². The number of halogens is 1. The molecule has 2 rings (SSSR count). The topological polar surface area (TPSA) is 32.3 Å². The summed E-state index contributed by atoms with van der Waals surface area (Å²) in [5.41, 5.74) is 0.316. The molecule has 15 heavy (non-hydrogen) atoms. The van der Waals surface area contributed by atoms with Crippen molar-refractivity contribution < 1.29 is 4.79 Å². The quantitative estimate of drug-likeness (QED) is 0.565. The molecule has 0 spiro atoms. The van der Waals surface area contributed by atoms with Gasteiger partial charge in [0.25, 0.3) is 5.91 Å². The van der Waals surface area contributed by atoms with E-state index in [1.807, 2.05) is 4.90 Å². The molecule has 4 heteroatoms. The predicted molar refractivity (Wildman–Crippen MR) is 60.6 cm³/mol. The van der Waals surface area contributed by atoms with Gasteiger partial charge in [-0.25, -0.2) is 0 Å². The number of nitrogens with one attached hydrogen (secondary N) is 1. The van der Waals surface area contributed by atoms with E-state index in [2.05, 4.69) is 18.5 Å². The van der Waals surface area contributed by atoms with E-state index in [-0.39, 0.29) is 10.9 Å². The highest BCUT2D eigenvalue weighted by molar-refractivity contribution is 6.34. The van der Waals surface area contributed by atoms with E-state index in [1.165, 1.54) is 0 Å². The molecule has 1 amide bonds. The summed E-state index contributed by atoms with van der Waals surface area (Å²) in [7, 11) is 0. The van der Waals surface area contributed by atoms with E-state index < -0.39 is 0 Å². The monoisotopic (exact) mass is 226 g/mol. The predicted octanol–water partition coefficient (Wildman–Crippen LogP) is 1.12. The fraction of sp³-hybridized carbons (Fsp3) is 0.545. The van der Waals surface area contributed by atoms with Crippen molar-refractivity contribution >= 4 is 17.5 Å². The van der Waals surface area contributed by atoms with E-state index >= 15 is 0 Å². The first kappa shape index (κ1) is 10.7. The molecule has 2 fully saturated rings. The summed E-state index contributed by atoms with van der Waals surface area (Å²) >= 11 is 5.67. The first-order chi connectivity index (χ1) is 7.09. The largest absolute Gasteiger partial charge is 0.337 e. The fourth-order valence-corrected chi connectivity index (χ4v) is 2.40. The van der Waals surface area contributed by atoms with Gasteiger partial charge in [-0.2, -0.15) is 0 Å². The highest BCUT2D eigenvalue weighted by Crippen LogP contribution is 2.26. The van der Waals surface area contributed by atoms with Crippen LogP contribution in [0.25, 0.3) is 0 Å². The SMILES string of the molecule is C=C(Cl)C(=C)C(=O)N1CC2CCNC2C1. The van der Waals surface area contributed by atoms with Gasteiger partial charge in [-0.1, -0.05) is 24.8 Å². The average molecular weight is 227 g/mol. The van der Waals surface area contributed by atoms with Crippen LogP contribution in [-0.2, 0) is 4.79 Å². The Morgan fingerprint density at radius 3 is 2.73 bits per heavy atom. The van der Waals surface area contributed by atoms with Crippen LogP contribution in [0.15, 0.2) is 23.8 Å². The second-order valence-corrected chi connectivity index (χ2v) is 4.66. The Hall–Kier alpha value is -0.800.